The maximum Gasteiger partial charge on any atom is 0.128 e. The zero-order valence-electron chi connectivity index (χ0n) is 17.4. The van der Waals surface area contributed by atoms with Crippen LogP contribution in [0.15, 0.2) is 18.2 Å². The van der Waals surface area contributed by atoms with Crippen molar-refractivity contribution in [1.82, 2.24) is 14.7 Å². The number of ether oxygens (including phenoxy) is 2. The maximum atomic E-state index is 14.7. The van der Waals surface area contributed by atoms with Crippen molar-refractivity contribution in [3.63, 3.8) is 0 Å². The highest BCUT2D eigenvalue weighted by atomic mass is 19.1. The Morgan fingerprint density at radius 3 is 2.41 bits per heavy atom. The van der Waals surface area contributed by atoms with Crippen molar-refractivity contribution in [2.24, 2.45) is 0 Å². The van der Waals surface area contributed by atoms with E-state index in [2.05, 4.69) is 21.6 Å². The second-order valence-corrected chi connectivity index (χ2v) is 8.54. The first-order valence-electron chi connectivity index (χ1n) is 10.9. The van der Waals surface area contributed by atoms with Crippen LogP contribution in [0.3, 0.4) is 0 Å². The van der Waals surface area contributed by atoms with Crippen molar-refractivity contribution >= 4 is 0 Å². The number of hydrogen-bond acceptors (Lipinski definition) is 5. The van der Waals surface area contributed by atoms with E-state index in [9.17, 15) is 8.78 Å². The van der Waals surface area contributed by atoms with Crippen LogP contribution in [0.1, 0.15) is 37.8 Å². The summed E-state index contributed by atoms with van der Waals surface area (Å²) in [6, 6.07) is 3.77. The summed E-state index contributed by atoms with van der Waals surface area (Å²) in [4.78, 5) is 7.37. The van der Waals surface area contributed by atoms with Gasteiger partial charge in [-0.1, -0.05) is 0 Å². The molecule has 1 unspecified atom stereocenters. The van der Waals surface area contributed by atoms with Crippen LogP contribution < -0.4 is 0 Å². The highest BCUT2D eigenvalue weighted by molar-refractivity contribution is 5.24. The molecule has 29 heavy (non-hydrogen) atoms. The van der Waals surface area contributed by atoms with Crippen molar-refractivity contribution in [2.45, 2.75) is 37.9 Å². The molecule has 162 valence electrons. The lowest BCUT2D eigenvalue weighted by Crippen LogP contribution is -2.62. The van der Waals surface area contributed by atoms with Gasteiger partial charge in [0.25, 0.3) is 0 Å². The molecule has 4 rings (SSSR count). The lowest BCUT2D eigenvalue weighted by Gasteiger charge is -2.51. The number of nitrogens with zero attached hydrogens (tertiary/aromatic N) is 3. The monoisotopic (exact) mass is 409 g/mol. The lowest BCUT2D eigenvalue weighted by atomic mass is 9.97. The van der Waals surface area contributed by atoms with E-state index in [1.165, 1.54) is 18.2 Å². The van der Waals surface area contributed by atoms with Crippen LogP contribution in [0.25, 0.3) is 0 Å². The summed E-state index contributed by atoms with van der Waals surface area (Å²) in [7, 11) is 0. The number of benzene rings is 1. The van der Waals surface area contributed by atoms with Crippen LogP contribution in [0.2, 0.25) is 0 Å². The SMILES string of the molecule is CC(CCN1CCOCC1)(N1CCOCC1)N1CCC[C@@H]1c1cc(F)ccc1F. The van der Waals surface area contributed by atoms with Crippen molar-refractivity contribution < 1.29 is 18.3 Å². The Morgan fingerprint density at radius 2 is 1.69 bits per heavy atom. The van der Waals surface area contributed by atoms with Crippen LogP contribution in [0.4, 0.5) is 8.78 Å². The minimum atomic E-state index is -0.366. The van der Waals surface area contributed by atoms with E-state index >= 15 is 0 Å². The zero-order chi connectivity index (χ0) is 20.3. The predicted octanol–water partition coefficient (Wildman–Crippen LogP) is 2.87. The number of morpholine rings is 2. The summed E-state index contributed by atoms with van der Waals surface area (Å²) in [5, 5.41) is 0. The summed E-state index contributed by atoms with van der Waals surface area (Å²) >= 11 is 0. The van der Waals surface area contributed by atoms with Gasteiger partial charge in [0.1, 0.15) is 11.6 Å². The van der Waals surface area contributed by atoms with E-state index in [0.29, 0.717) is 5.56 Å². The molecule has 3 fully saturated rings. The summed E-state index contributed by atoms with van der Waals surface area (Å²) in [5.41, 5.74) is 0.274. The Morgan fingerprint density at radius 1 is 1.00 bits per heavy atom. The first-order valence-corrected chi connectivity index (χ1v) is 10.9. The molecule has 1 aromatic rings. The Hall–Kier alpha value is -1.12. The van der Waals surface area contributed by atoms with E-state index in [1.54, 1.807) is 0 Å². The van der Waals surface area contributed by atoms with Crippen molar-refractivity contribution in [2.75, 3.05) is 65.7 Å². The number of likely N-dealkylation sites (tertiary alicyclic amines) is 1. The molecule has 3 heterocycles. The third kappa shape index (κ3) is 4.64. The first kappa shape index (κ1) is 21.1. The molecule has 1 aromatic carbocycles. The standard InChI is InChI=1S/C22H33F2N3O2/c1-22(26-11-15-29-16-12-26,6-8-25-9-13-28-14-10-25)27-7-2-3-21(27)19-17-18(23)4-5-20(19)24/h4-5,17,21H,2-3,6-16H2,1H3/t21-,22?/m1/s1. The van der Waals surface area contributed by atoms with Crippen LogP contribution in [0.5, 0.6) is 0 Å². The smallest absolute Gasteiger partial charge is 0.128 e. The van der Waals surface area contributed by atoms with Crippen molar-refractivity contribution in [3.8, 4) is 0 Å². The molecule has 0 amide bonds. The highest BCUT2D eigenvalue weighted by Crippen LogP contribution is 2.41. The molecule has 0 spiro atoms. The predicted molar refractivity (Wildman–Crippen MR) is 108 cm³/mol. The second-order valence-electron chi connectivity index (χ2n) is 8.54. The fraction of sp³-hybridized carbons (Fsp3) is 0.727. The molecule has 0 bridgehead atoms. The third-order valence-corrected chi connectivity index (χ3v) is 6.89. The van der Waals surface area contributed by atoms with Gasteiger partial charge in [0.05, 0.1) is 32.1 Å². The summed E-state index contributed by atoms with van der Waals surface area (Å²) in [5.74, 6) is -0.671. The van der Waals surface area contributed by atoms with Crippen LogP contribution in [-0.4, -0.2) is 86.1 Å². The second kappa shape index (κ2) is 9.35. The average Bonchev–Trinajstić information content (AvgIpc) is 3.25. The molecular formula is C22H33F2N3O2. The van der Waals surface area contributed by atoms with Crippen LogP contribution in [0, 0.1) is 11.6 Å². The molecule has 2 atom stereocenters. The van der Waals surface area contributed by atoms with Gasteiger partial charge in [-0.15, -0.1) is 0 Å². The van der Waals surface area contributed by atoms with Crippen LogP contribution in [-0.2, 0) is 9.47 Å². The van der Waals surface area contributed by atoms with E-state index in [0.717, 1.165) is 85.0 Å². The number of hydrogen-bond donors (Lipinski definition) is 0. The van der Waals surface area contributed by atoms with E-state index in [4.69, 9.17) is 9.47 Å². The summed E-state index contributed by atoms with van der Waals surface area (Å²) < 4.78 is 39.7. The van der Waals surface area contributed by atoms with Gasteiger partial charge in [-0.05, 0) is 44.4 Å². The molecule has 3 aliphatic rings. The fourth-order valence-corrected chi connectivity index (χ4v) is 5.16. The van der Waals surface area contributed by atoms with Gasteiger partial charge in [0.15, 0.2) is 0 Å². The molecule has 3 saturated heterocycles. The van der Waals surface area contributed by atoms with Gasteiger partial charge in [0, 0.05) is 50.9 Å². The normalized spacial score (nSPS) is 27.2. The van der Waals surface area contributed by atoms with Crippen LogP contribution >= 0.6 is 0 Å². The average molecular weight is 410 g/mol. The number of halogens is 2. The molecule has 0 radical (unpaired) electrons. The highest BCUT2D eigenvalue weighted by Gasteiger charge is 2.45. The first-order chi connectivity index (χ1) is 14.1. The minimum absolute atomic E-state index is 0.0942. The molecule has 0 saturated carbocycles. The lowest BCUT2D eigenvalue weighted by molar-refractivity contribution is -0.107. The molecular weight excluding hydrogens is 376 g/mol. The van der Waals surface area contributed by atoms with Gasteiger partial charge in [-0.2, -0.15) is 0 Å². The molecule has 0 N–H and O–H groups in total. The topological polar surface area (TPSA) is 28.2 Å². The third-order valence-electron chi connectivity index (χ3n) is 6.89. The Kier molecular flexibility index (Phi) is 6.81. The van der Waals surface area contributed by atoms with Gasteiger partial charge < -0.3 is 9.47 Å². The van der Waals surface area contributed by atoms with Crippen molar-refractivity contribution in [3.05, 3.63) is 35.4 Å². The van der Waals surface area contributed by atoms with Gasteiger partial charge in [-0.3, -0.25) is 14.7 Å². The van der Waals surface area contributed by atoms with Crippen molar-refractivity contribution in [1.29, 1.82) is 0 Å². The van der Waals surface area contributed by atoms with Gasteiger partial charge >= 0.3 is 0 Å². The fourth-order valence-electron chi connectivity index (χ4n) is 5.16. The molecule has 0 aliphatic carbocycles. The minimum Gasteiger partial charge on any atom is -0.379 e. The Bertz CT molecular complexity index is 680. The molecule has 3 aliphatic heterocycles. The largest absolute Gasteiger partial charge is 0.379 e. The molecule has 7 heteroatoms. The maximum absolute atomic E-state index is 14.7. The quantitative estimate of drug-likeness (QED) is 0.721. The summed E-state index contributed by atoms with van der Waals surface area (Å²) in [6.45, 7) is 10.8. The molecule has 5 nitrogen and oxygen atoms in total. The number of rotatable bonds is 6. The zero-order valence-corrected chi connectivity index (χ0v) is 17.4. The Balaban J connectivity index is 1.59. The van der Waals surface area contributed by atoms with E-state index in [1.807, 2.05) is 0 Å². The summed E-state index contributed by atoms with van der Waals surface area (Å²) in [6.07, 6.45) is 2.82. The van der Waals surface area contributed by atoms with E-state index < -0.39 is 0 Å². The Labute approximate surface area is 172 Å². The van der Waals surface area contributed by atoms with E-state index in [-0.39, 0.29) is 23.3 Å². The van der Waals surface area contributed by atoms with Gasteiger partial charge in [-0.25, -0.2) is 8.78 Å². The molecule has 0 aromatic heterocycles. The van der Waals surface area contributed by atoms with Gasteiger partial charge in [0.2, 0.25) is 0 Å².